The van der Waals surface area contributed by atoms with Gasteiger partial charge in [-0.05, 0) is 29.8 Å². The lowest BCUT2D eigenvalue weighted by atomic mass is 10.2. The monoisotopic (exact) mass is 340 g/mol. The van der Waals surface area contributed by atoms with E-state index in [4.69, 9.17) is 9.47 Å². The van der Waals surface area contributed by atoms with Crippen LogP contribution in [0, 0.1) is 17.5 Å². The van der Waals surface area contributed by atoms with Gasteiger partial charge in [0.2, 0.25) is 0 Å². The Morgan fingerprint density at radius 1 is 1.00 bits per heavy atom. The van der Waals surface area contributed by atoms with Gasteiger partial charge in [0.1, 0.15) is 0 Å². The number of carbonyl (C=O) groups excluding carboxylic acids is 1. The van der Waals surface area contributed by atoms with E-state index in [9.17, 15) is 18.0 Å². The molecule has 0 aliphatic heterocycles. The fourth-order valence-corrected chi connectivity index (χ4v) is 1.96. The third-order valence-corrected chi connectivity index (χ3v) is 3.18. The Hall–Kier alpha value is -2.90. The van der Waals surface area contributed by atoms with E-state index in [-0.39, 0.29) is 6.54 Å². The fraction of sp³-hybridized carbons (Fsp3) is 0.188. The molecule has 8 heteroatoms. The van der Waals surface area contributed by atoms with Crippen LogP contribution in [0.2, 0.25) is 0 Å². The average molecular weight is 340 g/mol. The molecule has 0 saturated heterocycles. The van der Waals surface area contributed by atoms with Gasteiger partial charge in [0.15, 0.2) is 29.0 Å². The number of hydrogen-bond donors (Lipinski definition) is 2. The Morgan fingerprint density at radius 2 is 1.71 bits per heavy atom. The normalized spacial score (nSPS) is 10.2. The van der Waals surface area contributed by atoms with Gasteiger partial charge in [-0.15, -0.1) is 0 Å². The van der Waals surface area contributed by atoms with Crippen LogP contribution in [0.1, 0.15) is 5.56 Å². The van der Waals surface area contributed by atoms with E-state index in [1.165, 1.54) is 14.2 Å². The van der Waals surface area contributed by atoms with E-state index in [1.807, 2.05) is 0 Å². The molecule has 2 aromatic carbocycles. The van der Waals surface area contributed by atoms with Crippen molar-refractivity contribution in [2.45, 2.75) is 6.54 Å². The van der Waals surface area contributed by atoms with Gasteiger partial charge in [0.25, 0.3) is 0 Å². The molecular weight excluding hydrogens is 325 g/mol. The van der Waals surface area contributed by atoms with E-state index in [0.29, 0.717) is 17.1 Å². The maximum atomic E-state index is 13.5. The summed E-state index contributed by atoms with van der Waals surface area (Å²) in [6.45, 7) is 0.109. The minimum absolute atomic E-state index is 0.109. The largest absolute Gasteiger partial charge is 0.493 e. The molecule has 0 aromatic heterocycles. The number of amides is 2. The smallest absolute Gasteiger partial charge is 0.319 e. The topological polar surface area (TPSA) is 59.6 Å². The van der Waals surface area contributed by atoms with E-state index < -0.39 is 29.2 Å². The van der Waals surface area contributed by atoms with E-state index >= 15 is 0 Å². The maximum Gasteiger partial charge on any atom is 0.319 e. The van der Waals surface area contributed by atoms with Crippen molar-refractivity contribution < 1.29 is 27.4 Å². The number of methoxy groups -OCH3 is 2. The summed E-state index contributed by atoms with van der Waals surface area (Å²) in [7, 11) is 2.98. The maximum absolute atomic E-state index is 13.5. The lowest BCUT2D eigenvalue weighted by Crippen LogP contribution is -2.28. The first-order chi connectivity index (χ1) is 11.5. The number of carbonyl (C=O) groups is 1. The van der Waals surface area contributed by atoms with Crippen LogP contribution in [0.15, 0.2) is 30.3 Å². The number of anilines is 1. The standard InChI is InChI=1S/C16H15F3N2O3/c1-23-12-6-3-9(7-13(12)24-2)8-20-16(22)21-11-5-4-10(17)14(18)15(11)19/h3-7H,8H2,1-2H3,(H2,20,21,22). The summed E-state index contributed by atoms with van der Waals surface area (Å²) in [5.41, 5.74) is 0.243. The zero-order valence-electron chi connectivity index (χ0n) is 13.0. The first-order valence-corrected chi connectivity index (χ1v) is 6.85. The van der Waals surface area contributed by atoms with Gasteiger partial charge in [-0.2, -0.15) is 0 Å². The molecule has 0 aliphatic carbocycles. The minimum atomic E-state index is -1.65. The van der Waals surface area contributed by atoms with Crippen molar-refractivity contribution in [2.75, 3.05) is 19.5 Å². The van der Waals surface area contributed by atoms with Crippen LogP contribution in [-0.2, 0) is 6.54 Å². The van der Waals surface area contributed by atoms with Crippen molar-refractivity contribution >= 4 is 11.7 Å². The fourth-order valence-electron chi connectivity index (χ4n) is 1.96. The summed E-state index contributed by atoms with van der Waals surface area (Å²) in [5, 5.41) is 4.58. The third kappa shape index (κ3) is 3.89. The molecule has 0 atom stereocenters. The number of hydrogen-bond acceptors (Lipinski definition) is 3. The first kappa shape index (κ1) is 17.5. The number of halogens is 3. The molecule has 24 heavy (non-hydrogen) atoms. The molecule has 5 nitrogen and oxygen atoms in total. The molecule has 0 fully saturated rings. The zero-order chi connectivity index (χ0) is 17.7. The van der Waals surface area contributed by atoms with Gasteiger partial charge in [-0.25, -0.2) is 18.0 Å². The van der Waals surface area contributed by atoms with Crippen molar-refractivity contribution in [3.63, 3.8) is 0 Å². The second-order valence-corrected chi connectivity index (χ2v) is 4.72. The molecule has 0 saturated carbocycles. The summed E-state index contributed by atoms with van der Waals surface area (Å²) in [6, 6.07) is 5.93. The third-order valence-electron chi connectivity index (χ3n) is 3.18. The predicted molar refractivity (Wildman–Crippen MR) is 81.7 cm³/mol. The summed E-state index contributed by atoms with van der Waals surface area (Å²) < 4.78 is 49.7. The molecule has 2 amide bonds. The molecule has 2 rings (SSSR count). The van der Waals surface area contributed by atoms with Crippen molar-refractivity contribution in [1.29, 1.82) is 0 Å². The Bertz CT molecular complexity index is 754. The molecule has 128 valence electrons. The molecule has 0 radical (unpaired) electrons. The number of benzene rings is 2. The highest BCUT2D eigenvalue weighted by Crippen LogP contribution is 2.27. The SMILES string of the molecule is COc1ccc(CNC(=O)Nc2ccc(F)c(F)c2F)cc1OC. The molecule has 0 heterocycles. The van der Waals surface area contributed by atoms with Gasteiger partial charge in [-0.1, -0.05) is 6.07 Å². The molecule has 0 unspecified atom stereocenters. The van der Waals surface area contributed by atoms with Crippen LogP contribution < -0.4 is 20.1 Å². The van der Waals surface area contributed by atoms with E-state index in [2.05, 4.69) is 10.6 Å². The molecule has 2 N–H and O–H groups in total. The lowest BCUT2D eigenvalue weighted by Gasteiger charge is -2.11. The number of nitrogens with one attached hydrogen (secondary N) is 2. The Morgan fingerprint density at radius 3 is 2.38 bits per heavy atom. The number of ether oxygens (including phenoxy) is 2. The first-order valence-electron chi connectivity index (χ1n) is 6.85. The lowest BCUT2D eigenvalue weighted by molar-refractivity contribution is 0.251. The molecule has 0 aliphatic rings. The van der Waals surface area contributed by atoms with Crippen molar-refractivity contribution in [3.05, 3.63) is 53.3 Å². The quantitative estimate of drug-likeness (QED) is 0.820. The van der Waals surface area contributed by atoms with Gasteiger partial charge in [0, 0.05) is 6.54 Å². The Kier molecular flexibility index (Phi) is 5.51. The van der Waals surface area contributed by atoms with Crippen LogP contribution in [0.5, 0.6) is 11.5 Å². The predicted octanol–water partition coefficient (Wildman–Crippen LogP) is 3.44. The van der Waals surface area contributed by atoms with E-state index in [0.717, 1.165) is 12.1 Å². The summed E-state index contributed by atoms with van der Waals surface area (Å²) >= 11 is 0. The summed E-state index contributed by atoms with van der Waals surface area (Å²) in [5.74, 6) is -3.41. The van der Waals surface area contributed by atoms with Crippen molar-refractivity contribution in [1.82, 2.24) is 5.32 Å². The van der Waals surface area contributed by atoms with Crippen LogP contribution >= 0.6 is 0 Å². The van der Waals surface area contributed by atoms with Crippen LogP contribution in [0.25, 0.3) is 0 Å². The highest BCUT2D eigenvalue weighted by Gasteiger charge is 2.15. The molecule has 0 bridgehead atoms. The van der Waals surface area contributed by atoms with Gasteiger partial charge in [-0.3, -0.25) is 0 Å². The Labute approximate surface area is 136 Å². The van der Waals surface area contributed by atoms with Gasteiger partial charge in [0.05, 0.1) is 19.9 Å². The second-order valence-electron chi connectivity index (χ2n) is 4.72. The van der Waals surface area contributed by atoms with Gasteiger partial charge >= 0.3 is 6.03 Å². The van der Waals surface area contributed by atoms with Crippen LogP contribution in [0.3, 0.4) is 0 Å². The highest BCUT2D eigenvalue weighted by atomic mass is 19.2. The number of urea groups is 1. The van der Waals surface area contributed by atoms with Crippen LogP contribution in [-0.4, -0.2) is 20.3 Å². The molecular formula is C16H15F3N2O3. The zero-order valence-corrected chi connectivity index (χ0v) is 13.0. The summed E-state index contributed by atoms with van der Waals surface area (Å²) in [4.78, 5) is 11.8. The molecule has 2 aromatic rings. The summed E-state index contributed by atoms with van der Waals surface area (Å²) in [6.07, 6.45) is 0. The van der Waals surface area contributed by atoms with Crippen LogP contribution in [0.4, 0.5) is 23.7 Å². The second kappa shape index (κ2) is 7.58. The van der Waals surface area contributed by atoms with Crippen molar-refractivity contribution in [2.24, 2.45) is 0 Å². The minimum Gasteiger partial charge on any atom is -0.493 e. The number of rotatable bonds is 5. The van der Waals surface area contributed by atoms with E-state index in [1.54, 1.807) is 18.2 Å². The highest BCUT2D eigenvalue weighted by molar-refractivity contribution is 5.89. The molecule has 0 spiro atoms. The Balaban J connectivity index is 2.00. The van der Waals surface area contributed by atoms with Gasteiger partial charge < -0.3 is 20.1 Å². The average Bonchev–Trinajstić information content (AvgIpc) is 2.60. The van der Waals surface area contributed by atoms with Crippen molar-refractivity contribution in [3.8, 4) is 11.5 Å².